The molecule has 3 heterocycles. The van der Waals surface area contributed by atoms with Crippen molar-refractivity contribution in [1.29, 1.82) is 0 Å². The first-order chi connectivity index (χ1) is 25.8. The van der Waals surface area contributed by atoms with Crippen LogP contribution in [0.1, 0.15) is 0 Å². The van der Waals surface area contributed by atoms with Crippen molar-refractivity contribution in [1.82, 2.24) is 0 Å². The molecule has 4 heteroatoms. The van der Waals surface area contributed by atoms with E-state index in [0.717, 1.165) is 83.2 Å². The van der Waals surface area contributed by atoms with Crippen molar-refractivity contribution in [3.63, 3.8) is 0 Å². The number of rotatable bonds is 5. The maximum absolute atomic E-state index is 6.95. The standard InChI is InChI=1S/C48H29NO2S/c1-2-11-30(12-3-1)35-16-8-17-38-39-18-9-19-41(48(39)51-47(35)38)49(33-27-28-37-36-13-5-7-22-44(36)52-45(37)29-33)32-25-23-31(24-26-32)34-15-10-21-43-46(34)40-14-4-6-20-42(40)50-43/h1-29H. The van der Waals surface area contributed by atoms with Crippen molar-refractivity contribution in [3.8, 4) is 22.3 Å². The van der Waals surface area contributed by atoms with Crippen molar-refractivity contribution >= 4 is 92.4 Å². The number of hydrogen-bond donors (Lipinski definition) is 0. The topological polar surface area (TPSA) is 29.5 Å². The van der Waals surface area contributed by atoms with E-state index in [0.29, 0.717) is 0 Å². The molecule has 11 rings (SSSR count). The minimum Gasteiger partial charge on any atom is -0.456 e. The Hall–Kier alpha value is -6.62. The third kappa shape index (κ3) is 4.45. The Morgan fingerprint density at radius 3 is 1.90 bits per heavy atom. The van der Waals surface area contributed by atoms with Crippen LogP contribution in [0.2, 0.25) is 0 Å². The Bertz CT molecular complexity index is 3130. The lowest BCUT2D eigenvalue weighted by atomic mass is 9.99. The lowest BCUT2D eigenvalue weighted by molar-refractivity contribution is 0.669. The van der Waals surface area contributed by atoms with Crippen molar-refractivity contribution < 1.29 is 8.83 Å². The second-order valence-corrected chi connectivity index (χ2v) is 14.3. The van der Waals surface area contributed by atoms with Gasteiger partial charge in [-0.25, -0.2) is 0 Å². The van der Waals surface area contributed by atoms with E-state index in [-0.39, 0.29) is 0 Å². The second-order valence-electron chi connectivity index (χ2n) is 13.2. The third-order valence-electron chi connectivity index (χ3n) is 10.3. The van der Waals surface area contributed by atoms with Gasteiger partial charge in [0.2, 0.25) is 0 Å². The second kappa shape index (κ2) is 11.5. The van der Waals surface area contributed by atoms with E-state index in [4.69, 9.17) is 8.83 Å². The van der Waals surface area contributed by atoms with Gasteiger partial charge in [-0.15, -0.1) is 11.3 Å². The average molecular weight is 684 g/mol. The maximum atomic E-state index is 6.95. The summed E-state index contributed by atoms with van der Waals surface area (Å²) in [6.07, 6.45) is 0. The van der Waals surface area contributed by atoms with Gasteiger partial charge in [-0.2, -0.15) is 0 Å². The Labute approximate surface area is 303 Å². The van der Waals surface area contributed by atoms with Crippen LogP contribution in [0.25, 0.3) is 86.3 Å². The van der Waals surface area contributed by atoms with Gasteiger partial charge in [0.1, 0.15) is 16.7 Å². The van der Waals surface area contributed by atoms with Crippen LogP contribution in [0.15, 0.2) is 185 Å². The van der Waals surface area contributed by atoms with Gasteiger partial charge >= 0.3 is 0 Å². The fourth-order valence-electron chi connectivity index (χ4n) is 7.91. The molecule has 0 atom stereocenters. The Kier molecular flexibility index (Phi) is 6.42. The van der Waals surface area contributed by atoms with E-state index >= 15 is 0 Å². The zero-order valence-electron chi connectivity index (χ0n) is 27.9. The molecule has 0 saturated heterocycles. The molecule has 0 saturated carbocycles. The van der Waals surface area contributed by atoms with Gasteiger partial charge in [-0.3, -0.25) is 0 Å². The van der Waals surface area contributed by atoms with Crippen molar-refractivity contribution in [2.45, 2.75) is 0 Å². The quantitative estimate of drug-likeness (QED) is 0.181. The highest BCUT2D eigenvalue weighted by Crippen LogP contribution is 2.46. The minimum absolute atomic E-state index is 0.857. The number of hydrogen-bond acceptors (Lipinski definition) is 4. The summed E-state index contributed by atoms with van der Waals surface area (Å²) in [5.74, 6) is 0. The van der Waals surface area contributed by atoms with Crippen LogP contribution in [-0.2, 0) is 0 Å². The van der Waals surface area contributed by atoms with E-state index in [2.05, 4.69) is 169 Å². The van der Waals surface area contributed by atoms with Crippen molar-refractivity contribution in [3.05, 3.63) is 176 Å². The molecular formula is C48H29NO2S. The predicted molar refractivity (Wildman–Crippen MR) is 219 cm³/mol. The Morgan fingerprint density at radius 2 is 1.02 bits per heavy atom. The summed E-state index contributed by atoms with van der Waals surface area (Å²) in [4.78, 5) is 2.34. The van der Waals surface area contributed by atoms with Crippen LogP contribution in [0, 0.1) is 0 Å². The third-order valence-corrected chi connectivity index (χ3v) is 11.4. The zero-order chi connectivity index (χ0) is 34.2. The monoisotopic (exact) mass is 683 g/mol. The Morgan fingerprint density at radius 1 is 0.385 bits per heavy atom. The molecule has 0 bridgehead atoms. The fourth-order valence-corrected chi connectivity index (χ4v) is 9.05. The number of anilines is 3. The SMILES string of the molecule is c1ccc(-c2cccc3c2oc2c(N(c4ccc(-c5cccc6oc7ccccc7c56)cc4)c4ccc5c(c4)sc4ccccc45)cccc23)cc1. The first-order valence-electron chi connectivity index (χ1n) is 17.5. The zero-order valence-corrected chi connectivity index (χ0v) is 28.7. The molecule has 0 N–H and O–H groups in total. The molecule has 0 unspecified atom stereocenters. The molecule has 0 radical (unpaired) electrons. The van der Waals surface area contributed by atoms with Gasteiger partial charge in [0.15, 0.2) is 5.58 Å². The van der Waals surface area contributed by atoms with Crippen LogP contribution in [0.3, 0.4) is 0 Å². The molecular weight excluding hydrogens is 655 g/mol. The van der Waals surface area contributed by atoms with Crippen LogP contribution in [-0.4, -0.2) is 0 Å². The molecule has 244 valence electrons. The van der Waals surface area contributed by atoms with Crippen LogP contribution in [0.4, 0.5) is 17.1 Å². The summed E-state index contributed by atoms with van der Waals surface area (Å²) in [6, 6.07) is 62.4. The van der Waals surface area contributed by atoms with E-state index in [9.17, 15) is 0 Å². The van der Waals surface area contributed by atoms with Crippen molar-refractivity contribution in [2.24, 2.45) is 0 Å². The highest BCUT2D eigenvalue weighted by molar-refractivity contribution is 7.25. The number of thiophene rings is 1. The number of fused-ring (bicyclic) bond motifs is 9. The summed E-state index contributed by atoms with van der Waals surface area (Å²) in [6.45, 7) is 0. The highest BCUT2D eigenvalue weighted by atomic mass is 32.1. The van der Waals surface area contributed by atoms with E-state index in [1.165, 1.54) is 20.2 Å². The van der Waals surface area contributed by atoms with Gasteiger partial charge in [0.05, 0.1) is 5.69 Å². The average Bonchev–Trinajstić information content (AvgIpc) is 3.90. The fraction of sp³-hybridized carbons (Fsp3) is 0. The van der Waals surface area contributed by atoms with Gasteiger partial charge in [-0.1, -0.05) is 127 Å². The largest absolute Gasteiger partial charge is 0.456 e. The molecule has 3 nitrogen and oxygen atoms in total. The van der Waals surface area contributed by atoms with Gasteiger partial charge in [0.25, 0.3) is 0 Å². The molecule has 0 spiro atoms. The van der Waals surface area contributed by atoms with Gasteiger partial charge in [-0.05, 0) is 65.2 Å². The van der Waals surface area contributed by atoms with Gasteiger partial charge < -0.3 is 13.7 Å². The molecule has 0 aliphatic rings. The molecule has 52 heavy (non-hydrogen) atoms. The first-order valence-corrected chi connectivity index (χ1v) is 18.3. The highest BCUT2D eigenvalue weighted by Gasteiger charge is 2.22. The molecule has 0 fully saturated rings. The van der Waals surface area contributed by atoms with Crippen LogP contribution < -0.4 is 4.90 Å². The van der Waals surface area contributed by atoms with E-state index in [1.54, 1.807) is 0 Å². The maximum Gasteiger partial charge on any atom is 0.159 e. The predicted octanol–water partition coefficient (Wildman–Crippen LogP) is 14.7. The summed E-state index contributed by atoms with van der Waals surface area (Å²) < 4.78 is 15.7. The number of para-hydroxylation sites is 3. The van der Waals surface area contributed by atoms with E-state index < -0.39 is 0 Å². The smallest absolute Gasteiger partial charge is 0.159 e. The van der Waals surface area contributed by atoms with Crippen molar-refractivity contribution in [2.75, 3.05) is 4.90 Å². The van der Waals surface area contributed by atoms with Crippen LogP contribution >= 0.6 is 11.3 Å². The number of benzene rings is 8. The number of furan rings is 2. The first kappa shape index (κ1) is 29.1. The molecule has 3 aromatic heterocycles. The van der Waals surface area contributed by atoms with E-state index in [1.807, 2.05) is 23.5 Å². The lowest BCUT2D eigenvalue weighted by Crippen LogP contribution is -2.10. The molecule has 11 aromatic rings. The van der Waals surface area contributed by atoms with Gasteiger partial charge in [0, 0.05) is 58.7 Å². The summed E-state index contributed by atoms with van der Waals surface area (Å²) >= 11 is 1.83. The molecule has 0 aliphatic heterocycles. The Balaban J connectivity index is 1.12. The summed E-state index contributed by atoms with van der Waals surface area (Å²) in [5, 5.41) is 7.02. The lowest BCUT2D eigenvalue weighted by Gasteiger charge is -2.26. The summed E-state index contributed by atoms with van der Waals surface area (Å²) in [7, 11) is 0. The molecule has 0 aliphatic carbocycles. The molecule has 8 aromatic carbocycles. The number of nitrogens with zero attached hydrogens (tertiary/aromatic N) is 1. The summed E-state index contributed by atoms with van der Waals surface area (Å²) in [5.41, 5.74) is 11.2. The minimum atomic E-state index is 0.857. The molecule has 0 amide bonds. The normalized spacial score (nSPS) is 11.8. The van der Waals surface area contributed by atoms with Crippen LogP contribution in [0.5, 0.6) is 0 Å².